The van der Waals surface area contributed by atoms with Crippen LogP contribution in [0.1, 0.15) is 37.7 Å². The number of amides is 1. The zero-order valence-corrected chi connectivity index (χ0v) is 16.2. The molecule has 6 heteroatoms. The lowest BCUT2D eigenvalue weighted by Crippen LogP contribution is -2.49. The lowest BCUT2D eigenvalue weighted by molar-refractivity contribution is -0.134. The molecule has 1 aliphatic rings. The Balaban J connectivity index is 0.00000264. The van der Waals surface area contributed by atoms with Crippen LogP contribution in [0.3, 0.4) is 0 Å². The number of hydrogen-bond donors (Lipinski definition) is 2. The standard InChI is InChI=1S/C17H26N4O.HI/c1-3-15(13-7-5-4-6-8-13)16(22)21-11-9-14(10-12-21)20-17(18)19-2;/h4-8,14-15H,3,9-12H2,1-2H3,(H3,18,19,20);1H. The molecule has 0 aliphatic carbocycles. The molecule has 1 aromatic rings. The van der Waals surface area contributed by atoms with Gasteiger partial charge < -0.3 is 16.0 Å². The van der Waals surface area contributed by atoms with Crippen molar-refractivity contribution in [2.24, 2.45) is 10.7 Å². The van der Waals surface area contributed by atoms with Gasteiger partial charge in [0.05, 0.1) is 5.92 Å². The van der Waals surface area contributed by atoms with Gasteiger partial charge in [-0.3, -0.25) is 9.79 Å². The van der Waals surface area contributed by atoms with E-state index in [1.54, 1.807) is 7.05 Å². The second-order valence-electron chi connectivity index (χ2n) is 5.72. The van der Waals surface area contributed by atoms with Gasteiger partial charge in [0.25, 0.3) is 0 Å². The van der Waals surface area contributed by atoms with E-state index in [4.69, 9.17) is 5.73 Å². The number of nitrogens with one attached hydrogen (secondary N) is 1. The van der Waals surface area contributed by atoms with Gasteiger partial charge in [0.2, 0.25) is 5.91 Å². The van der Waals surface area contributed by atoms with Crippen LogP contribution in [0.25, 0.3) is 0 Å². The molecule has 5 nitrogen and oxygen atoms in total. The average molecular weight is 430 g/mol. The van der Waals surface area contributed by atoms with Gasteiger partial charge in [-0.05, 0) is 24.8 Å². The number of nitrogens with two attached hydrogens (primary N) is 1. The van der Waals surface area contributed by atoms with E-state index in [9.17, 15) is 4.79 Å². The summed E-state index contributed by atoms with van der Waals surface area (Å²) in [5.41, 5.74) is 6.81. The Labute approximate surface area is 155 Å². The third kappa shape index (κ3) is 5.37. The predicted octanol–water partition coefficient (Wildman–Crippen LogP) is 2.32. The highest BCUT2D eigenvalue weighted by atomic mass is 127. The van der Waals surface area contributed by atoms with Crippen LogP contribution in [0, 0.1) is 0 Å². The summed E-state index contributed by atoms with van der Waals surface area (Å²) in [5, 5.41) is 3.19. The summed E-state index contributed by atoms with van der Waals surface area (Å²) in [4.78, 5) is 18.7. The fourth-order valence-electron chi connectivity index (χ4n) is 2.98. The number of piperidine rings is 1. The van der Waals surface area contributed by atoms with E-state index in [1.807, 2.05) is 35.2 Å². The molecule has 23 heavy (non-hydrogen) atoms. The van der Waals surface area contributed by atoms with Crippen LogP contribution < -0.4 is 11.1 Å². The van der Waals surface area contributed by atoms with E-state index in [-0.39, 0.29) is 35.8 Å². The fraction of sp³-hybridized carbons (Fsp3) is 0.529. The molecule has 1 saturated heterocycles. The van der Waals surface area contributed by atoms with E-state index in [0.717, 1.165) is 37.9 Å². The Morgan fingerprint density at radius 1 is 1.35 bits per heavy atom. The quantitative estimate of drug-likeness (QED) is 0.438. The second kappa shape index (κ2) is 9.75. The highest BCUT2D eigenvalue weighted by Crippen LogP contribution is 2.24. The van der Waals surface area contributed by atoms with Crippen molar-refractivity contribution in [3.63, 3.8) is 0 Å². The van der Waals surface area contributed by atoms with Crippen molar-refractivity contribution in [3.05, 3.63) is 35.9 Å². The normalized spacial score (nSPS) is 17.3. The molecule has 2 rings (SSSR count). The SMILES string of the molecule is CCC(C(=O)N1CCC(NC(N)=NC)CC1)c1ccccc1.I. The maximum absolute atomic E-state index is 12.8. The number of hydrogen-bond acceptors (Lipinski definition) is 2. The molecule has 0 bridgehead atoms. The van der Waals surface area contributed by atoms with Crippen LogP contribution in [0.4, 0.5) is 0 Å². The Morgan fingerprint density at radius 2 is 1.96 bits per heavy atom. The summed E-state index contributed by atoms with van der Waals surface area (Å²) in [7, 11) is 1.67. The molecule has 1 fully saturated rings. The molecule has 0 saturated carbocycles. The monoisotopic (exact) mass is 430 g/mol. The number of carbonyl (C=O) groups excluding carboxylic acids is 1. The molecule has 3 N–H and O–H groups in total. The van der Waals surface area contributed by atoms with Gasteiger partial charge in [0.1, 0.15) is 0 Å². The van der Waals surface area contributed by atoms with Crippen molar-refractivity contribution in [2.45, 2.75) is 38.1 Å². The third-order valence-corrected chi connectivity index (χ3v) is 4.31. The van der Waals surface area contributed by atoms with E-state index < -0.39 is 0 Å². The smallest absolute Gasteiger partial charge is 0.230 e. The lowest BCUT2D eigenvalue weighted by atomic mass is 9.93. The van der Waals surface area contributed by atoms with E-state index >= 15 is 0 Å². The Kier molecular flexibility index (Phi) is 8.36. The number of benzene rings is 1. The molecule has 0 spiro atoms. The average Bonchev–Trinajstić information content (AvgIpc) is 2.57. The van der Waals surface area contributed by atoms with Crippen molar-refractivity contribution in [1.82, 2.24) is 10.2 Å². The molecular weight excluding hydrogens is 403 g/mol. The van der Waals surface area contributed by atoms with Gasteiger partial charge in [-0.2, -0.15) is 0 Å². The van der Waals surface area contributed by atoms with Crippen LogP contribution in [-0.2, 0) is 4.79 Å². The predicted molar refractivity (Wildman–Crippen MR) is 105 cm³/mol. The highest BCUT2D eigenvalue weighted by molar-refractivity contribution is 14.0. The minimum absolute atomic E-state index is 0. The zero-order chi connectivity index (χ0) is 15.9. The van der Waals surface area contributed by atoms with Crippen molar-refractivity contribution in [1.29, 1.82) is 0 Å². The number of nitrogens with zero attached hydrogens (tertiary/aromatic N) is 2. The van der Waals surface area contributed by atoms with Crippen molar-refractivity contribution >= 4 is 35.8 Å². The number of halogens is 1. The van der Waals surface area contributed by atoms with Gasteiger partial charge in [-0.25, -0.2) is 0 Å². The first-order valence-electron chi connectivity index (χ1n) is 7.98. The van der Waals surface area contributed by atoms with E-state index in [2.05, 4.69) is 17.2 Å². The number of rotatable bonds is 4. The zero-order valence-electron chi connectivity index (χ0n) is 13.9. The molecule has 1 unspecified atom stereocenters. The molecule has 128 valence electrons. The van der Waals surface area contributed by atoms with Gasteiger partial charge in [0, 0.05) is 26.2 Å². The summed E-state index contributed by atoms with van der Waals surface area (Å²) < 4.78 is 0. The van der Waals surface area contributed by atoms with E-state index in [1.165, 1.54) is 0 Å². The Bertz CT molecular complexity index is 513. The van der Waals surface area contributed by atoms with E-state index in [0.29, 0.717) is 12.0 Å². The first-order chi connectivity index (χ1) is 10.7. The topological polar surface area (TPSA) is 70.7 Å². The molecule has 1 aliphatic heterocycles. The minimum Gasteiger partial charge on any atom is -0.370 e. The Morgan fingerprint density at radius 3 is 2.48 bits per heavy atom. The van der Waals surface area contributed by atoms with Crippen molar-refractivity contribution < 1.29 is 4.79 Å². The maximum atomic E-state index is 12.8. The Hall–Kier alpha value is -1.31. The molecule has 0 aromatic heterocycles. The molecule has 1 aromatic carbocycles. The van der Waals surface area contributed by atoms with Gasteiger partial charge in [0.15, 0.2) is 5.96 Å². The minimum atomic E-state index is -0.0343. The summed E-state index contributed by atoms with van der Waals surface area (Å²) >= 11 is 0. The van der Waals surface area contributed by atoms with Crippen molar-refractivity contribution in [3.8, 4) is 0 Å². The van der Waals surface area contributed by atoms with Crippen LogP contribution in [0.2, 0.25) is 0 Å². The van der Waals surface area contributed by atoms with Crippen LogP contribution in [0.5, 0.6) is 0 Å². The van der Waals surface area contributed by atoms with Crippen LogP contribution >= 0.6 is 24.0 Å². The number of aliphatic imine (C=N–C) groups is 1. The van der Waals surface area contributed by atoms with Crippen LogP contribution in [-0.4, -0.2) is 42.9 Å². The highest BCUT2D eigenvalue weighted by Gasteiger charge is 2.28. The summed E-state index contributed by atoms with van der Waals surface area (Å²) in [6, 6.07) is 10.4. The summed E-state index contributed by atoms with van der Waals surface area (Å²) in [5.74, 6) is 0.678. The number of likely N-dealkylation sites (tertiary alicyclic amines) is 1. The molecule has 1 heterocycles. The summed E-state index contributed by atoms with van der Waals surface area (Å²) in [6.45, 7) is 3.62. The number of guanidine groups is 1. The molecule has 1 amide bonds. The number of carbonyl (C=O) groups is 1. The van der Waals surface area contributed by atoms with Gasteiger partial charge >= 0.3 is 0 Å². The molecule has 0 radical (unpaired) electrons. The summed E-state index contributed by atoms with van der Waals surface area (Å²) in [6.07, 6.45) is 2.65. The lowest BCUT2D eigenvalue weighted by Gasteiger charge is -2.34. The largest absolute Gasteiger partial charge is 0.370 e. The maximum Gasteiger partial charge on any atom is 0.230 e. The van der Waals surface area contributed by atoms with Gasteiger partial charge in [-0.15, -0.1) is 24.0 Å². The first-order valence-corrected chi connectivity index (χ1v) is 7.98. The first kappa shape index (κ1) is 19.7. The van der Waals surface area contributed by atoms with Crippen molar-refractivity contribution in [2.75, 3.05) is 20.1 Å². The fourth-order valence-corrected chi connectivity index (χ4v) is 2.98. The molecular formula is C17H27IN4O. The molecule has 1 atom stereocenters. The van der Waals surface area contributed by atoms with Crippen LogP contribution in [0.15, 0.2) is 35.3 Å². The van der Waals surface area contributed by atoms with Gasteiger partial charge in [-0.1, -0.05) is 37.3 Å². The third-order valence-electron chi connectivity index (χ3n) is 4.31. The second-order valence-corrected chi connectivity index (χ2v) is 5.72.